The van der Waals surface area contributed by atoms with E-state index in [1.165, 1.54) is 0 Å². The van der Waals surface area contributed by atoms with Crippen molar-refractivity contribution in [2.75, 3.05) is 13.2 Å². The number of nitrogens with two attached hydrogens (primary N) is 1. The van der Waals surface area contributed by atoms with E-state index >= 15 is 0 Å². The third-order valence-corrected chi connectivity index (χ3v) is 1.73. The van der Waals surface area contributed by atoms with Crippen LogP contribution in [-0.2, 0) is 9.53 Å². The van der Waals surface area contributed by atoms with Crippen LogP contribution in [0, 0.1) is 0 Å². The van der Waals surface area contributed by atoms with Crippen LogP contribution in [0.15, 0.2) is 0 Å². The van der Waals surface area contributed by atoms with Gasteiger partial charge in [0, 0.05) is 6.42 Å². The molecule has 0 amide bonds. The summed E-state index contributed by atoms with van der Waals surface area (Å²) in [5.41, 5.74) is 4.79. The summed E-state index contributed by atoms with van der Waals surface area (Å²) in [6.45, 7) is 5.44. The monoisotopic (exact) mass is 189 g/mol. The highest BCUT2D eigenvalue weighted by molar-refractivity contribution is 5.83. The standard InChI is InChI=1S/C9H19NO3/c1-7(10)8(12)4-5-13-9(2,3)6-11/h7,11H,4-6,10H2,1-3H3. The van der Waals surface area contributed by atoms with Gasteiger partial charge >= 0.3 is 0 Å². The van der Waals surface area contributed by atoms with Crippen LogP contribution in [0.5, 0.6) is 0 Å². The minimum atomic E-state index is -0.571. The highest BCUT2D eigenvalue weighted by Gasteiger charge is 2.17. The highest BCUT2D eigenvalue weighted by atomic mass is 16.5. The van der Waals surface area contributed by atoms with Gasteiger partial charge in [-0.1, -0.05) is 0 Å². The first-order valence-electron chi connectivity index (χ1n) is 4.42. The number of ketones is 1. The highest BCUT2D eigenvalue weighted by Crippen LogP contribution is 2.07. The molecule has 0 saturated heterocycles. The lowest BCUT2D eigenvalue weighted by Gasteiger charge is -2.22. The van der Waals surface area contributed by atoms with Crippen LogP contribution in [0.1, 0.15) is 27.2 Å². The van der Waals surface area contributed by atoms with E-state index < -0.39 is 11.6 Å². The maximum absolute atomic E-state index is 11.0. The zero-order valence-electron chi connectivity index (χ0n) is 8.54. The molecule has 0 aromatic heterocycles. The Labute approximate surface area is 79.1 Å². The van der Waals surface area contributed by atoms with E-state index in [9.17, 15) is 4.79 Å². The van der Waals surface area contributed by atoms with Crippen LogP contribution in [-0.4, -0.2) is 35.7 Å². The molecular weight excluding hydrogens is 170 g/mol. The Morgan fingerprint density at radius 1 is 1.62 bits per heavy atom. The summed E-state index contributed by atoms with van der Waals surface area (Å²) >= 11 is 0. The van der Waals surface area contributed by atoms with E-state index in [0.29, 0.717) is 13.0 Å². The third kappa shape index (κ3) is 5.74. The molecule has 78 valence electrons. The molecule has 3 N–H and O–H groups in total. The molecule has 0 saturated carbocycles. The fourth-order valence-electron chi connectivity index (χ4n) is 0.701. The van der Waals surface area contributed by atoms with E-state index in [1.54, 1.807) is 20.8 Å². The molecule has 0 rings (SSSR count). The maximum atomic E-state index is 11.0. The molecule has 1 atom stereocenters. The van der Waals surface area contributed by atoms with Gasteiger partial charge in [0.25, 0.3) is 0 Å². The Bertz CT molecular complexity index is 166. The number of aliphatic hydroxyl groups excluding tert-OH is 1. The summed E-state index contributed by atoms with van der Waals surface area (Å²) in [4.78, 5) is 11.0. The van der Waals surface area contributed by atoms with Crippen molar-refractivity contribution >= 4 is 5.78 Å². The molecule has 0 aliphatic heterocycles. The average molecular weight is 189 g/mol. The Balaban J connectivity index is 3.62. The zero-order valence-corrected chi connectivity index (χ0v) is 8.54. The van der Waals surface area contributed by atoms with Crippen molar-refractivity contribution in [2.24, 2.45) is 5.73 Å². The summed E-state index contributed by atoms with van der Waals surface area (Å²) in [6, 6.07) is -0.430. The molecule has 4 nitrogen and oxygen atoms in total. The van der Waals surface area contributed by atoms with Crippen LogP contribution in [0.4, 0.5) is 0 Å². The Hall–Kier alpha value is -0.450. The summed E-state index contributed by atoms with van der Waals surface area (Å²) < 4.78 is 5.27. The molecule has 0 bridgehead atoms. The molecule has 0 heterocycles. The number of Topliss-reactive ketones (excluding diaryl/α,β-unsaturated/α-hetero) is 1. The Morgan fingerprint density at radius 2 is 2.15 bits per heavy atom. The van der Waals surface area contributed by atoms with Crippen LogP contribution < -0.4 is 5.73 Å². The molecule has 0 fully saturated rings. The molecule has 0 radical (unpaired) electrons. The number of ether oxygens (including phenoxy) is 1. The normalized spacial score (nSPS) is 14.2. The first kappa shape index (κ1) is 12.6. The predicted molar refractivity (Wildman–Crippen MR) is 50.4 cm³/mol. The number of carbonyl (C=O) groups is 1. The summed E-state index contributed by atoms with van der Waals surface area (Å²) in [5.74, 6) is -0.0197. The van der Waals surface area contributed by atoms with Crippen molar-refractivity contribution in [3.8, 4) is 0 Å². The summed E-state index contributed by atoms with van der Waals surface area (Å²) in [5, 5.41) is 8.83. The van der Waals surface area contributed by atoms with Gasteiger partial charge in [-0.2, -0.15) is 0 Å². The predicted octanol–water partition coefficient (Wildman–Crippen LogP) is 0.0803. The fraction of sp³-hybridized carbons (Fsp3) is 0.889. The quantitative estimate of drug-likeness (QED) is 0.620. The molecular formula is C9H19NO3. The van der Waals surface area contributed by atoms with Gasteiger partial charge in [0.1, 0.15) is 0 Å². The van der Waals surface area contributed by atoms with Crippen molar-refractivity contribution in [3.05, 3.63) is 0 Å². The van der Waals surface area contributed by atoms with Crippen molar-refractivity contribution in [1.29, 1.82) is 0 Å². The van der Waals surface area contributed by atoms with E-state index in [4.69, 9.17) is 15.6 Å². The average Bonchev–Trinajstić information content (AvgIpc) is 2.04. The lowest BCUT2D eigenvalue weighted by Crippen LogP contribution is -2.32. The molecule has 0 aromatic carbocycles. The number of rotatable bonds is 6. The molecule has 0 aromatic rings. The van der Waals surface area contributed by atoms with E-state index in [1.807, 2.05) is 0 Å². The smallest absolute Gasteiger partial charge is 0.151 e. The summed E-state index contributed by atoms with van der Waals surface area (Å²) in [6.07, 6.45) is 0.307. The van der Waals surface area contributed by atoms with E-state index in [2.05, 4.69) is 0 Å². The van der Waals surface area contributed by atoms with Gasteiger partial charge in [0.2, 0.25) is 0 Å². The minimum Gasteiger partial charge on any atom is -0.393 e. The second kappa shape index (κ2) is 5.32. The van der Waals surface area contributed by atoms with Gasteiger partial charge in [0.05, 0.1) is 24.9 Å². The number of aliphatic hydroxyl groups is 1. The van der Waals surface area contributed by atoms with E-state index in [0.717, 1.165) is 0 Å². The number of hydrogen-bond acceptors (Lipinski definition) is 4. The van der Waals surface area contributed by atoms with Gasteiger partial charge in [-0.25, -0.2) is 0 Å². The largest absolute Gasteiger partial charge is 0.393 e. The van der Waals surface area contributed by atoms with Gasteiger partial charge in [-0.05, 0) is 20.8 Å². The first-order valence-corrected chi connectivity index (χ1v) is 4.42. The first-order chi connectivity index (χ1) is 5.89. The van der Waals surface area contributed by atoms with Gasteiger partial charge in [0.15, 0.2) is 5.78 Å². The zero-order chi connectivity index (χ0) is 10.5. The SMILES string of the molecule is CC(N)C(=O)CCOC(C)(C)CO. The second-order valence-corrected chi connectivity index (χ2v) is 3.77. The van der Waals surface area contributed by atoms with Crippen LogP contribution in [0.2, 0.25) is 0 Å². The third-order valence-electron chi connectivity index (χ3n) is 1.73. The molecule has 0 aliphatic rings. The van der Waals surface area contributed by atoms with Gasteiger partial charge < -0.3 is 15.6 Å². The Kier molecular flexibility index (Phi) is 5.13. The van der Waals surface area contributed by atoms with Crippen molar-refractivity contribution in [2.45, 2.75) is 38.8 Å². The topological polar surface area (TPSA) is 72.6 Å². The van der Waals surface area contributed by atoms with Crippen LogP contribution in [0.25, 0.3) is 0 Å². The number of hydrogen-bond donors (Lipinski definition) is 2. The van der Waals surface area contributed by atoms with Crippen LogP contribution in [0.3, 0.4) is 0 Å². The molecule has 4 heteroatoms. The fourth-order valence-corrected chi connectivity index (χ4v) is 0.701. The molecule has 0 aliphatic carbocycles. The van der Waals surface area contributed by atoms with Crippen molar-refractivity contribution in [3.63, 3.8) is 0 Å². The van der Waals surface area contributed by atoms with Gasteiger partial charge in [-0.15, -0.1) is 0 Å². The second-order valence-electron chi connectivity index (χ2n) is 3.77. The van der Waals surface area contributed by atoms with Crippen molar-refractivity contribution in [1.82, 2.24) is 0 Å². The minimum absolute atomic E-state index is 0.0197. The molecule has 13 heavy (non-hydrogen) atoms. The Morgan fingerprint density at radius 3 is 2.54 bits per heavy atom. The maximum Gasteiger partial charge on any atom is 0.151 e. The lowest BCUT2D eigenvalue weighted by atomic mass is 10.1. The molecule has 0 spiro atoms. The van der Waals surface area contributed by atoms with Crippen molar-refractivity contribution < 1.29 is 14.6 Å². The lowest BCUT2D eigenvalue weighted by molar-refractivity contribution is -0.123. The molecule has 1 unspecified atom stereocenters. The number of carbonyl (C=O) groups excluding carboxylic acids is 1. The van der Waals surface area contributed by atoms with Crippen LogP contribution >= 0.6 is 0 Å². The van der Waals surface area contributed by atoms with Gasteiger partial charge in [-0.3, -0.25) is 4.79 Å². The van der Waals surface area contributed by atoms with E-state index in [-0.39, 0.29) is 12.4 Å². The summed E-state index contributed by atoms with van der Waals surface area (Å²) in [7, 11) is 0.